The molecule has 0 bridgehead atoms. The van der Waals surface area contributed by atoms with Crippen molar-refractivity contribution < 1.29 is 25.2 Å². The third-order valence-corrected chi connectivity index (χ3v) is 10.3. The molecule has 7 unspecified atom stereocenters. The summed E-state index contributed by atoms with van der Waals surface area (Å²) in [6.07, 6.45) is 10.7. The van der Waals surface area contributed by atoms with E-state index in [1.807, 2.05) is 48.5 Å². The molecular weight excluding hydrogens is 562 g/mol. The molecule has 0 aromatic heterocycles. The molecular formula is C39H61NO5. The summed E-state index contributed by atoms with van der Waals surface area (Å²) in [4.78, 5) is 15.6. The Hall–Kier alpha value is -2.25. The number of para-hydroxylation sites is 1. The summed E-state index contributed by atoms with van der Waals surface area (Å²) in [7, 11) is 0. The van der Waals surface area contributed by atoms with Crippen LogP contribution in [-0.2, 0) is 11.2 Å². The molecule has 1 saturated carbocycles. The van der Waals surface area contributed by atoms with Gasteiger partial charge in [0.05, 0.1) is 18.8 Å². The maximum Gasteiger partial charge on any atom is 0.230 e. The first-order valence-corrected chi connectivity index (χ1v) is 17.8. The van der Waals surface area contributed by atoms with Crippen molar-refractivity contribution in [2.45, 2.75) is 116 Å². The van der Waals surface area contributed by atoms with E-state index < -0.39 is 12.2 Å². The smallest absolute Gasteiger partial charge is 0.230 e. The van der Waals surface area contributed by atoms with Crippen LogP contribution >= 0.6 is 0 Å². The lowest BCUT2D eigenvalue weighted by Crippen LogP contribution is -2.43. The number of aryl methyl sites for hydroxylation is 1. The molecule has 0 spiro atoms. The van der Waals surface area contributed by atoms with E-state index >= 15 is 0 Å². The van der Waals surface area contributed by atoms with Crippen LogP contribution in [0.1, 0.15) is 115 Å². The third-order valence-electron chi connectivity index (χ3n) is 10.3. The van der Waals surface area contributed by atoms with E-state index in [1.165, 1.54) is 19.3 Å². The Labute approximate surface area is 272 Å². The fraction of sp³-hybridized carbons (Fsp3) is 0.667. The van der Waals surface area contributed by atoms with E-state index in [4.69, 9.17) is 0 Å². The second kappa shape index (κ2) is 20.1. The van der Waals surface area contributed by atoms with Crippen LogP contribution in [0.3, 0.4) is 0 Å². The molecule has 0 heterocycles. The molecule has 6 nitrogen and oxygen atoms in total. The van der Waals surface area contributed by atoms with Crippen molar-refractivity contribution in [3.8, 4) is 0 Å². The van der Waals surface area contributed by atoms with Gasteiger partial charge in [-0.25, -0.2) is 0 Å². The highest BCUT2D eigenvalue weighted by Gasteiger charge is 2.37. The zero-order valence-electron chi connectivity index (χ0n) is 28.2. The summed E-state index contributed by atoms with van der Waals surface area (Å²) in [5.41, 5.74) is 2.84. The van der Waals surface area contributed by atoms with E-state index in [0.717, 1.165) is 61.8 Å². The van der Waals surface area contributed by atoms with Gasteiger partial charge in [-0.05, 0) is 91.9 Å². The van der Waals surface area contributed by atoms with Crippen LogP contribution in [0.15, 0.2) is 54.6 Å². The molecule has 0 radical (unpaired) electrons. The number of carbonyl (C=O) groups excluding carboxylic acids is 1. The molecule has 0 saturated heterocycles. The Balaban J connectivity index is 1.66. The number of unbranched alkanes of at least 4 members (excludes halogenated alkanes) is 2. The maximum absolute atomic E-state index is 13.9. The monoisotopic (exact) mass is 623 g/mol. The van der Waals surface area contributed by atoms with Crippen molar-refractivity contribution >= 4 is 11.6 Å². The normalized spacial score (nSPS) is 21.2. The third kappa shape index (κ3) is 11.5. The van der Waals surface area contributed by atoms with Gasteiger partial charge in [0.15, 0.2) is 0 Å². The summed E-state index contributed by atoms with van der Waals surface area (Å²) in [6.45, 7) is 6.91. The molecule has 4 N–H and O–H groups in total. The fourth-order valence-corrected chi connectivity index (χ4v) is 7.59. The summed E-state index contributed by atoms with van der Waals surface area (Å²) in [5, 5.41) is 42.3. The predicted octanol–water partition coefficient (Wildman–Crippen LogP) is 7.48. The molecule has 2 aromatic carbocycles. The van der Waals surface area contributed by atoms with Gasteiger partial charge in [0.25, 0.3) is 0 Å². The lowest BCUT2D eigenvalue weighted by Gasteiger charge is -2.38. The number of aliphatic hydroxyl groups is 4. The highest BCUT2D eigenvalue weighted by Crippen LogP contribution is 2.39. The summed E-state index contributed by atoms with van der Waals surface area (Å²) in [6, 6.07) is 17.7. The number of aliphatic hydroxyl groups excluding tert-OH is 4. The zero-order valence-corrected chi connectivity index (χ0v) is 28.2. The second-order valence-electron chi connectivity index (χ2n) is 13.7. The van der Waals surface area contributed by atoms with E-state index in [2.05, 4.69) is 26.8 Å². The van der Waals surface area contributed by atoms with Gasteiger partial charge in [0.1, 0.15) is 0 Å². The summed E-state index contributed by atoms with van der Waals surface area (Å²) >= 11 is 0. The Morgan fingerprint density at radius 3 is 2.33 bits per heavy atom. The molecule has 1 aliphatic carbocycles. The first-order valence-electron chi connectivity index (χ1n) is 17.8. The van der Waals surface area contributed by atoms with Crippen LogP contribution in [0, 0.1) is 29.6 Å². The van der Waals surface area contributed by atoms with Crippen molar-refractivity contribution in [3.63, 3.8) is 0 Å². The minimum Gasteiger partial charge on any atom is -0.396 e. The molecule has 1 amide bonds. The van der Waals surface area contributed by atoms with Gasteiger partial charge in [0.2, 0.25) is 5.91 Å². The van der Waals surface area contributed by atoms with E-state index in [-0.39, 0.29) is 43.4 Å². The molecule has 252 valence electrons. The molecule has 1 aliphatic rings. The predicted molar refractivity (Wildman–Crippen MR) is 184 cm³/mol. The van der Waals surface area contributed by atoms with Crippen molar-refractivity contribution in [2.75, 3.05) is 24.7 Å². The quantitative estimate of drug-likeness (QED) is 0.115. The molecule has 2 aromatic rings. The summed E-state index contributed by atoms with van der Waals surface area (Å²) < 4.78 is 0. The number of rotatable bonds is 20. The number of carbonyl (C=O) groups is 1. The van der Waals surface area contributed by atoms with Crippen LogP contribution in [0.5, 0.6) is 0 Å². The lowest BCUT2D eigenvalue weighted by molar-refractivity contribution is -0.126. The van der Waals surface area contributed by atoms with E-state index in [0.29, 0.717) is 31.1 Å². The van der Waals surface area contributed by atoms with Crippen LogP contribution in [0.4, 0.5) is 5.69 Å². The molecule has 1 fully saturated rings. The summed E-state index contributed by atoms with van der Waals surface area (Å²) in [5.74, 6) is 0.944. The van der Waals surface area contributed by atoms with Gasteiger partial charge in [-0.2, -0.15) is 0 Å². The van der Waals surface area contributed by atoms with Crippen LogP contribution in [0.2, 0.25) is 0 Å². The SMILES string of the molecule is CCCCCC(CCO)CC(CC)C(O)c1ccccc1CCC(O)CC1CCC(C)CC1C(=O)N(CCO)c1ccccc1. The van der Waals surface area contributed by atoms with Crippen molar-refractivity contribution in [3.05, 3.63) is 65.7 Å². The molecule has 45 heavy (non-hydrogen) atoms. The second-order valence-corrected chi connectivity index (χ2v) is 13.7. The van der Waals surface area contributed by atoms with Gasteiger partial charge in [-0.1, -0.05) is 102 Å². The lowest BCUT2D eigenvalue weighted by atomic mass is 9.71. The topological polar surface area (TPSA) is 101 Å². The van der Waals surface area contributed by atoms with Crippen molar-refractivity contribution in [1.29, 1.82) is 0 Å². The van der Waals surface area contributed by atoms with Crippen molar-refractivity contribution in [2.24, 2.45) is 29.6 Å². The average Bonchev–Trinajstić information content (AvgIpc) is 3.06. The highest BCUT2D eigenvalue weighted by molar-refractivity contribution is 5.95. The van der Waals surface area contributed by atoms with E-state index in [1.54, 1.807) is 4.90 Å². The van der Waals surface area contributed by atoms with Crippen LogP contribution < -0.4 is 4.90 Å². The number of amides is 1. The molecule has 3 rings (SSSR count). The number of hydrogen-bond donors (Lipinski definition) is 4. The zero-order chi connectivity index (χ0) is 32.6. The van der Waals surface area contributed by atoms with Gasteiger partial charge in [-0.15, -0.1) is 0 Å². The Bertz CT molecular complexity index is 1090. The largest absolute Gasteiger partial charge is 0.396 e. The minimum absolute atomic E-state index is 0.0484. The van der Waals surface area contributed by atoms with E-state index in [9.17, 15) is 25.2 Å². The maximum atomic E-state index is 13.9. The average molecular weight is 624 g/mol. The highest BCUT2D eigenvalue weighted by atomic mass is 16.3. The Morgan fingerprint density at radius 2 is 1.64 bits per heavy atom. The van der Waals surface area contributed by atoms with Crippen molar-refractivity contribution in [1.82, 2.24) is 0 Å². The van der Waals surface area contributed by atoms with Gasteiger partial charge >= 0.3 is 0 Å². The number of hydrogen-bond acceptors (Lipinski definition) is 5. The number of anilines is 1. The first-order chi connectivity index (χ1) is 21.8. The standard InChI is InChI=1S/C39H61NO5/c1-4-6-8-13-30(22-24-41)27-31(5-2)38(44)36-17-12-11-14-32(36)20-21-35(43)28-33-19-18-29(3)26-37(33)39(45)40(23-25-42)34-15-9-7-10-16-34/h7,9-12,14-17,29-31,33,35,37-38,41-44H,4-6,8,13,18-28H2,1-3H3. The Kier molecular flexibility index (Phi) is 16.6. The van der Waals surface area contributed by atoms with Gasteiger partial charge in [-0.3, -0.25) is 4.79 Å². The minimum atomic E-state index is -0.576. The van der Waals surface area contributed by atoms with Gasteiger partial charge < -0.3 is 25.3 Å². The number of nitrogens with zero attached hydrogens (tertiary/aromatic N) is 1. The van der Waals surface area contributed by atoms with Gasteiger partial charge in [0, 0.05) is 24.8 Å². The number of benzene rings is 2. The Morgan fingerprint density at radius 1 is 0.911 bits per heavy atom. The van der Waals surface area contributed by atoms with Crippen LogP contribution in [-0.4, -0.2) is 52.2 Å². The van der Waals surface area contributed by atoms with Crippen LogP contribution in [0.25, 0.3) is 0 Å². The fourth-order valence-electron chi connectivity index (χ4n) is 7.59. The molecule has 7 atom stereocenters. The first kappa shape index (κ1) is 37.2. The molecule has 6 heteroatoms. The molecule has 0 aliphatic heterocycles.